The van der Waals surface area contributed by atoms with Crippen molar-refractivity contribution in [3.8, 4) is 16.3 Å². The van der Waals surface area contributed by atoms with Gasteiger partial charge in [-0.25, -0.2) is 9.78 Å². The Hall–Kier alpha value is -2.41. The molecule has 2 N–H and O–H groups in total. The molecule has 1 aliphatic carbocycles. The lowest BCUT2D eigenvalue weighted by Crippen LogP contribution is -2.42. The number of nitrogens with zero attached hydrogens (tertiary/aromatic N) is 1. The molecule has 1 amide bonds. The largest absolute Gasteiger partial charge is 0.497 e. The maximum absolute atomic E-state index is 12.2. The zero-order chi connectivity index (χ0) is 16.4. The summed E-state index contributed by atoms with van der Waals surface area (Å²) >= 11 is 1.34. The molecule has 1 saturated carbocycles. The molecule has 0 saturated heterocycles. The molecule has 1 fully saturated rings. The van der Waals surface area contributed by atoms with Crippen molar-refractivity contribution < 1.29 is 19.4 Å². The summed E-state index contributed by atoms with van der Waals surface area (Å²) in [5.74, 6) is -0.653. The molecule has 7 heteroatoms. The van der Waals surface area contributed by atoms with Crippen LogP contribution < -0.4 is 10.1 Å². The standard InChI is InChI=1S/C16H16N2O4S/c1-22-11-6-4-10(5-7-11)15-17-12(8-23-15)14(19)18-13(16(20)21)9-2-3-9/h4-9,13H,2-3H2,1H3,(H,18,19)(H,20,21). The highest BCUT2D eigenvalue weighted by Gasteiger charge is 2.37. The number of amides is 1. The number of aromatic nitrogens is 1. The first-order valence-electron chi connectivity index (χ1n) is 7.22. The number of carboxylic acid groups (broad SMARTS) is 1. The van der Waals surface area contributed by atoms with Crippen molar-refractivity contribution in [2.45, 2.75) is 18.9 Å². The molecule has 1 aromatic heterocycles. The van der Waals surface area contributed by atoms with Gasteiger partial charge in [0.1, 0.15) is 22.5 Å². The highest BCUT2D eigenvalue weighted by molar-refractivity contribution is 7.13. The summed E-state index contributed by atoms with van der Waals surface area (Å²) in [6, 6.07) is 6.55. The van der Waals surface area contributed by atoms with Crippen LogP contribution in [-0.4, -0.2) is 35.1 Å². The first kappa shape index (κ1) is 15.5. The number of rotatable bonds is 6. The number of aliphatic carboxylic acids is 1. The van der Waals surface area contributed by atoms with Crippen LogP contribution in [0.3, 0.4) is 0 Å². The van der Waals surface area contributed by atoms with E-state index in [1.807, 2.05) is 24.3 Å². The number of hydrogen-bond acceptors (Lipinski definition) is 5. The zero-order valence-corrected chi connectivity index (χ0v) is 13.3. The lowest BCUT2D eigenvalue weighted by Gasteiger charge is -2.12. The van der Waals surface area contributed by atoms with E-state index >= 15 is 0 Å². The van der Waals surface area contributed by atoms with E-state index in [0.717, 1.165) is 24.2 Å². The van der Waals surface area contributed by atoms with E-state index in [1.165, 1.54) is 11.3 Å². The van der Waals surface area contributed by atoms with Gasteiger partial charge in [0.2, 0.25) is 0 Å². The summed E-state index contributed by atoms with van der Waals surface area (Å²) in [5.41, 5.74) is 1.12. The quantitative estimate of drug-likeness (QED) is 0.848. The van der Waals surface area contributed by atoms with Gasteiger partial charge in [-0.1, -0.05) is 0 Å². The van der Waals surface area contributed by atoms with Gasteiger partial charge in [0, 0.05) is 10.9 Å². The molecule has 1 unspecified atom stereocenters. The van der Waals surface area contributed by atoms with Crippen molar-refractivity contribution in [2.24, 2.45) is 5.92 Å². The average Bonchev–Trinajstić information content (AvgIpc) is 3.27. The predicted octanol–water partition coefficient (Wildman–Crippen LogP) is 2.41. The Bertz CT molecular complexity index is 722. The third-order valence-corrected chi connectivity index (χ3v) is 4.61. The average molecular weight is 332 g/mol. The molecule has 120 valence electrons. The molecule has 1 aliphatic rings. The Balaban J connectivity index is 1.72. The summed E-state index contributed by atoms with van der Waals surface area (Å²) in [4.78, 5) is 27.7. The molecule has 0 bridgehead atoms. The van der Waals surface area contributed by atoms with Gasteiger partial charge in [0.05, 0.1) is 7.11 Å². The first-order valence-corrected chi connectivity index (χ1v) is 8.10. The Morgan fingerprint density at radius 1 is 1.35 bits per heavy atom. The minimum Gasteiger partial charge on any atom is -0.497 e. The normalized spacial score (nSPS) is 15.0. The highest BCUT2D eigenvalue weighted by Crippen LogP contribution is 2.33. The maximum Gasteiger partial charge on any atom is 0.326 e. The van der Waals surface area contributed by atoms with E-state index in [1.54, 1.807) is 12.5 Å². The van der Waals surface area contributed by atoms with Gasteiger partial charge in [-0.05, 0) is 43.0 Å². The van der Waals surface area contributed by atoms with Gasteiger partial charge in [0.25, 0.3) is 5.91 Å². The molecule has 2 aromatic rings. The number of ether oxygens (including phenoxy) is 1. The number of carboxylic acids is 1. The fraction of sp³-hybridized carbons (Fsp3) is 0.312. The monoisotopic (exact) mass is 332 g/mol. The van der Waals surface area contributed by atoms with Crippen LogP contribution in [0.25, 0.3) is 10.6 Å². The molecule has 1 aromatic carbocycles. The van der Waals surface area contributed by atoms with Crippen molar-refractivity contribution in [3.63, 3.8) is 0 Å². The highest BCUT2D eigenvalue weighted by atomic mass is 32.1. The van der Waals surface area contributed by atoms with E-state index < -0.39 is 17.9 Å². The van der Waals surface area contributed by atoms with Crippen molar-refractivity contribution >= 4 is 23.2 Å². The molecule has 23 heavy (non-hydrogen) atoms. The van der Waals surface area contributed by atoms with Crippen molar-refractivity contribution in [2.75, 3.05) is 7.11 Å². The van der Waals surface area contributed by atoms with Crippen LogP contribution in [0.15, 0.2) is 29.6 Å². The van der Waals surface area contributed by atoms with Crippen LogP contribution in [0.1, 0.15) is 23.3 Å². The Labute approximate surface area is 137 Å². The number of carbonyl (C=O) groups excluding carboxylic acids is 1. The summed E-state index contributed by atoms with van der Waals surface area (Å²) < 4.78 is 5.11. The molecule has 1 atom stereocenters. The number of hydrogen-bond donors (Lipinski definition) is 2. The zero-order valence-electron chi connectivity index (χ0n) is 12.5. The van der Waals surface area contributed by atoms with E-state index in [-0.39, 0.29) is 11.6 Å². The van der Waals surface area contributed by atoms with Crippen LogP contribution >= 0.6 is 11.3 Å². The smallest absolute Gasteiger partial charge is 0.326 e. The Kier molecular flexibility index (Phi) is 4.29. The topological polar surface area (TPSA) is 88.5 Å². The molecule has 1 heterocycles. The third kappa shape index (κ3) is 3.50. The summed E-state index contributed by atoms with van der Waals surface area (Å²) in [5, 5.41) is 14.1. The third-order valence-electron chi connectivity index (χ3n) is 3.72. The van der Waals surface area contributed by atoms with E-state index in [9.17, 15) is 9.59 Å². The molecular weight excluding hydrogens is 316 g/mol. The van der Waals surface area contributed by atoms with Gasteiger partial charge in [0.15, 0.2) is 0 Å². The van der Waals surface area contributed by atoms with Crippen molar-refractivity contribution in [1.29, 1.82) is 0 Å². The van der Waals surface area contributed by atoms with E-state index in [4.69, 9.17) is 9.84 Å². The number of thiazole rings is 1. The van der Waals surface area contributed by atoms with Crippen LogP contribution in [0.5, 0.6) is 5.75 Å². The fourth-order valence-electron chi connectivity index (χ4n) is 2.27. The number of nitrogens with one attached hydrogen (secondary N) is 1. The lowest BCUT2D eigenvalue weighted by atomic mass is 10.2. The van der Waals surface area contributed by atoms with Gasteiger partial charge in [-0.15, -0.1) is 11.3 Å². The van der Waals surface area contributed by atoms with Gasteiger partial charge >= 0.3 is 5.97 Å². The molecular formula is C16H16N2O4S. The van der Waals surface area contributed by atoms with Crippen LogP contribution in [0, 0.1) is 5.92 Å². The second kappa shape index (κ2) is 6.37. The molecule has 0 spiro atoms. The SMILES string of the molecule is COc1ccc(-c2nc(C(=O)NC(C(=O)O)C3CC3)cs2)cc1. The van der Waals surface area contributed by atoms with Gasteiger partial charge < -0.3 is 15.2 Å². The number of methoxy groups -OCH3 is 1. The first-order chi connectivity index (χ1) is 11.1. The minimum absolute atomic E-state index is 0.0381. The van der Waals surface area contributed by atoms with Crippen LogP contribution in [0.4, 0.5) is 0 Å². The van der Waals surface area contributed by atoms with Crippen LogP contribution in [-0.2, 0) is 4.79 Å². The fourth-order valence-corrected chi connectivity index (χ4v) is 3.08. The maximum atomic E-state index is 12.2. The molecule has 6 nitrogen and oxygen atoms in total. The minimum atomic E-state index is -0.994. The van der Waals surface area contributed by atoms with Crippen LogP contribution in [0.2, 0.25) is 0 Å². The lowest BCUT2D eigenvalue weighted by molar-refractivity contribution is -0.139. The number of carbonyl (C=O) groups is 2. The van der Waals surface area contributed by atoms with Crippen molar-refractivity contribution in [3.05, 3.63) is 35.3 Å². The van der Waals surface area contributed by atoms with Gasteiger partial charge in [-0.2, -0.15) is 0 Å². The molecule has 0 aliphatic heterocycles. The summed E-state index contributed by atoms with van der Waals surface area (Å²) in [7, 11) is 1.60. The second-order valence-corrected chi connectivity index (χ2v) is 6.25. The second-order valence-electron chi connectivity index (χ2n) is 5.39. The Morgan fingerprint density at radius 3 is 2.61 bits per heavy atom. The summed E-state index contributed by atoms with van der Waals surface area (Å²) in [6.07, 6.45) is 1.68. The predicted molar refractivity (Wildman–Crippen MR) is 85.7 cm³/mol. The van der Waals surface area contributed by atoms with Crippen molar-refractivity contribution in [1.82, 2.24) is 10.3 Å². The summed E-state index contributed by atoms with van der Waals surface area (Å²) in [6.45, 7) is 0. The van der Waals surface area contributed by atoms with E-state index in [2.05, 4.69) is 10.3 Å². The van der Waals surface area contributed by atoms with E-state index in [0.29, 0.717) is 5.01 Å². The Morgan fingerprint density at radius 2 is 2.04 bits per heavy atom. The van der Waals surface area contributed by atoms with Gasteiger partial charge in [-0.3, -0.25) is 4.79 Å². The molecule has 3 rings (SSSR count). The molecule has 0 radical (unpaired) electrons. The number of benzene rings is 1.